The van der Waals surface area contributed by atoms with Crippen LogP contribution >= 0.6 is 0 Å². The zero-order chi connectivity index (χ0) is 15.9. The second kappa shape index (κ2) is 7.41. The summed E-state index contributed by atoms with van der Waals surface area (Å²) in [6.45, 7) is 1.96. The third kappa shape index (κ3) is 3.53. The van der Waals surface area contributed by atoms with Crippen LogP contribution in [0.1, 0.15) is 35.7 Å². The van der Waals surface area contributed by atoms with Crippen LogP contribution in [0.4, 0.5) is 0 Å². The number of hydrazone groups is 1. The topological polar surface area (TPSA) is 67.8 Å². The van der Waals surface area contributed by atoms with Gasteiger partial charge in [0, 0.05) is 5.56 Å². The summed E-state index contributed by atoms with van der Waals surface area (Å²) in [6, 6.07) is 7.07. The summed E-state index contributed by atoms with van der Waals surface area (Å²) < 4.78 is 4.89. The van der Waals surface area contributed by atoms with Gasteiger partial charge < -0.3 is 4.74 Å². The van der Waals surface area contributed by atoms with Crippen LogP contribution in [0.5, 0.6) is 0 Å². The highest BCUT2D eigenvalue weighted by atomic mass is 16.5. The molecule has 1 atom stereocenters. The number of rotatable bonds is 5. The summed E-state index contributed by atoms with van der Waals surface area (Å²) >= 11 is 0. The molecule has 22 heavy (non-hydrogen) atoms. The van der Waals surface area contributed by atoms with Gasteiger partial charge in [0.1, 0.15) is 6.04 Å². The number of esters is 1. The Bertz CT molecular complexity index is 644. The van der Waals surface area contributed by atoms with E-state index in [0.717, 1.165) is 12.0 Å². The van der Waals surface area contributed by atoms with Gasteiger partial charge in [-0.1, -0.05) is 30.2 Å². The molecule has 0 aromatic heterocycles. The second-order valence-corrected chi connectivity index (χ2v) is 4.90. The van der Waals surface area contributed by atoms with E-state index in [2.05, 4.69) is 16.4 Å². The predicted molar refractivity (Wildman–Crippen MR) is 83.5 cm³/mol. The second-order valence-electron chi connectivity index (χ2n) is 4.90. The predicted octanol–water partition coefficient (Wildman–Crippen LogP) is 1.72. The van der Waals surface area contributed by atoms with Crippen molar-refractivity contribution in [1.82, 2.24) is 5.43 Å². The van der Waals surface area contributed by atoms with Gasteiger partial charge in [0.25, 0.3) is 0 Å². The number of hydrogen-bond donors (Lipinski definition) is 1. The number of nitrogens with one attached hydrogen (secondary N) is 1. The molecule has 5 heteroatoms. The molecule has 114 valence electrons. The number of carbonyl (C=O) groups is 2. The molecule has 0 fully saturated rings. The maximum atomic E-state index is 12.4. The molecule has 0 saturated carbocycles. The van der Waals surface area contributed by atoms with Crippen molar-refractivity contribution >= 4 is 17.5 Å². The van der Waals surface area contributed by atoms with E-state index >= 15 is 0 Å². The molecule has 0 bridgehead atoms. The Labute approximate surface area is 129 Å². The highest BCUT2D eigenvalue weighted by Crippen LogP contribution is 2.21. The Kier molecular flexibility index (Phi) is 5.31. The van der Waals surface area contributed by atoms with E-state index in [1.165, 1.54) is 0 Å². The smallest absolute Gasteiger partial charge is 0.355 e. The number of ether oxygens (including phenoxy) is 1. The van der Waals surface area contributed by atoms with Crippen molar-refractivity contribution in [2.24, 2.45) is 5.10 Å². The van der Waals surface area contributed by atoms with Crippen LogP contribution in [-0.4, -0.2) is 30.1 Å². The minimum atomic E-state index is -0.559. The number of nitrogens with zero attached hydrogens (tertiary/aromatic N) is 1. The van der Waals surface area contributed by atoms with E-state index in [-0.39, 0.29) is 24.5 Å². The van der Waals surface area contributed by atoms with Crippen molar-refractivity contribution in [2.45, 2.75) is 32.2 Å². The number of fused-ring (bicyclic) bond motifs is 1. The lowest BCUT2D eigenvalue weighted by Gasteiger charge is -2.23. The number of carbonyl (C=O) groups excluding carboxylic acids is 2. The minimum Gasteiger partial charge on any atom is -0.461 e. The molecule has 1 aromatic rings. The fraction of sp³-hybridized carbons (Fsp3) is 0.353. The van der Waals surface area contributed by atoms with Crippen molar-refractivity contribution in [2.75, 3.05) is 6.61 Å². The Hall–Kier alpha value is -2.61. The number of Topliss-reactive ketones (excluding diaryl/α,β-unsaturated/α-hetero) is 1. The molecule has 1 aliphatic carbocycles. The fourth-order valence-electron chi connectivity index (χ4n) is 2.34. The molecule has 0 unspecified atom stereocenters. The summed E-state index contributed by atoms with van der Waals surface area (Å²) in [5, 5.41) is 4.01. The maximum Gasteiger partial charge on any atom is 0.355 e. The average molecular weight is 298 g/mol. The van der Waals surface area contributed by atoms with Gasteiger partial charge in [0.05, 0.1) is 13.0 Å². The van der Waals surface area contributed by atoms with Crippen molar-refractivity contribution in [3.8, 4) is 12.3 Å². The van der Waals surface area contributed by atoms with Gasteiger partial charge in [-0.15, -0.1) is 6.42 Å². The molecular formula is C17H18N2O3. The minimum absolute atomic E-state index is 0.0190. The van der Waals surface area contributed by atoms with Gasteiger partial charge in [-0.25, -0.2) is 4.79 Å². The van der Waals surface area contributed by atoms with Gasteiger partial charge in [-0.2, -0.15) is 5.10 Å². The largest absolute Gasteiger partial charge is 0.461 e. The highest BCUT2D eigenvalue weighted by molar-refractivity contribution is 6.37. The van der Waals surface area contributed by atoms with Crippen LogP contribution in [0.25, 0.3) is 0 Å². The van der Waals surface area contributed by atoms with Crippen molar-refractivity contribution < 1.29 is 14.3 Å². The summed E-state index contributed by atoms with van der Waals surface area (Å²) in [7, 11) is 0. The molecule has 1 aromatic carbocycles. The Balaban J connectivity index is 2.10. The number of aryl methyl sites for hydroxylation is 1. The van der Waals surface area contributed by atoms with Gasteiger partial charge in [0.15, 0.2) is 11.5 Å². The first kappa shape index (κ1) is 15.8. The molecule has 1 N–H and O–H groups in total. The first-order chi connectivity index (χ1) is 10.7. The quantitative estimate of drug-likeness (QED) is 0.389. The summed E-state index contributed by atoms with van der Waals surface area (Å²) in [5.74, 6) is 1.79. The van der Waals surface area contributed by atoms with Gasteiger partial charge in [-0.3, -0.25) is 10.2 Å². The van der Waals surface area contributed by atoms with E-state index in [9.17, 15) is 9.59 Å². The Morgan fingerprint density at radius 2 is 2.27 bits per heavy atom. The van der Waals surface area contributed by atoms with E-state index in [1.54, 1.807) is 6.92 Å². The molecule has 0 amide bonds. The van der Waals surface area contributed by atoms with Crippen LogP contribution in [0.3, 0.4) is 0 Å². The Morgan fingerprint density at radius 3 is 3.00 bits per heavy atom. The van der Waals surface area contributed by atoms with Gasteiger partial charge in [-0.05, 0) is 25.3 Å². The van der Waals surface area contributed by atoms with Gasteiger partial charge >= 0.3 is 5.97 Å². The lowest BCUT2D eigenvalue weighted by Crippen LogP contribution is -2.38. The lowest BCUT2D eigenvalue weighted by molar-refractivity contribution is -0.135. The van der Waals surface area contributed by atoms with Crippen LogP contribution < -0.4 is 5.43 Å². The van der Waals surface area contributed by atoms with E-state index in [4.69, 9.17) is 11.2 Å². The first-order valence-corrected chi connectivity index (χ1v) is 7.22. The standard InChI is InChI=1S/C17H18N2O3/c1-3-7-15(17(21)22-4-2)19-18-14-11-10-12-8-5-6-9-13(12)16(14)20/h1,5-6,8-9,14,18H,4,7,10-11H2,2H3/b19-15+/t14-/m1/s1. The van der Waals surface area contributed by atoms with Crippen LogP contribution in [-0.2, 0) is 16.0 Å². The number of ketones is 1. The number of hydrogen-bond acceptors (Lipinski definition) is 5. The summed E-state index contributed by atoms with van der Waals surface area (Å²) in [6.07, 6.45) is 6.71. The molecule has 0 aliphatic heterocycles. The molecule has 0 heterocycles. The highest BCUT2D eigenvalue weighted by Gasteiger charge is 2.27. The van der Waals surface area contributed by atoms with Crippen molar-refractivity contribution in [3.05, 3.63) is 35.4 Å². The molecule has 2 rings (SSSR count). The monoisotopic (exact) mass is 298 g/mol. The first-order valence-electron chi connectivity index (χ1n) is 7.22. The number of terminal acetylenes is 1. The van der Waals surface area contributed by atoms with Crippen molar-refractivity contribution in [3.63, 3.8) is 0 Å². The SMILES string of the molecule is C#CC/C(=N\N[C@@H]1CCc2ccccc2C1=O)C(=O)OCC. The summed E-state index contributed by atoms with van der Waals surface area (Å²) in [4.78, 5) is 24.1. The van der Waals surface area contributed by atoms with E-state index < -0.39 is 12.0 Å². The Morgan fingerprint density at radius 1 is 1.50 bits per heavy atom. The van der Waals surface area contributed by atoms with E-state index in [1.807, 2.05) is 24.3 Å². The molecule has 1 aliphatic rings. The lowest BCUT2D eigenvalue weighted by atomic mass is 9.87. The van der Waals surface area contributed by atoms with E-state index in [0.29, 0.717) is 12.0 Å². The molecule has 0 spiro atoms. The third-order valence-corrected chi connectivity index (χ3v) is 3.44. The summed E-state index contributed by atoms with van der Waals surface area (Å²) in [5.41, 5.74) is 4.64. The molecule has 0 radical (unpaired) electrons. The van der Waals surface area contributed by atoms with Crippen molar-refractivity contribution in [1.29, 1.82) is 0 Å². The maximum absolute atomic E-state index is 12.4. The van der Waals surface area contributed by atoms with Crippen LogP contribution in [0.2, 0.25) is 0 Å². The molecule has 5 nitrogen and oxygen atoms in total. The average Bonchev–Trinajstić information content (AvgIpc) is 2.53. The van der Waals surface area contributed by atoms with Gasteiger partial charge in [0.2, 0.25) is 0 Å². The van der Waals surface area contributed by atoms with Crippen LogP contribution in [0, 0.1) is 12.3 Å². The number of benzene rings is 1. The normalized spacial score (nSPS) is 17.4. The molecule has 0 saturated heterocycles. The zero-order valence-corrected chi connectivity index (χ0v) is 12.5. The van der Waals surface area contributed by atoms with Crippen LogP contribution in [0.15, 0.2) is 29.4 Å². The fourth-order valence-corrected chi connectivity index (χ4v) is 2.34. The molecular weight excluding hydrogens is 280 g/mol. The zero-order valence-electron chi connectivity index (χ0n) is 12.5. The third-order valence-electron chi connectivity index (χ3n) is 3.44.